The first-order chi connectivity index (χ1) is 14.7. The summed E-state index contributed by atoms with van der Waals surface area (Å²) in [6, 6.07) is 24.7. The molecule has 30 heavy (non-hydrogen) atoms. The average Bonchev–Trinajstić information content (AvgIpc) is 2.78. The molecule has 4 heteroatoms. The van der Waals surface area contributed by atoms with Crippen LogP contribution in [-0.4, -0.2) is 16.5 Å². The molecule has 4 rings (SSSR count). The van der Waals surface area contributed by atoms with Crippen LogP contribution in [-0.2, 0) is 6.61 Å². The molecule has 0 amide bonds. The van der Waals surface area contributed by atoms with Gasteiger partial charge >= 0.3 is 0 Å². The highest BCUT2D eigenvalue weighted by molar-refractivity contribution is 5.93. The fourth-order valence-electron chi connectivity index (χ4n) is 3.41. The molecule has 0 spiro atoms. The normalized spacial score (nSPS) is 11.0. The lowest BCUT2D eigenvalue weighted by Crippen LogP contribution is -2.07. The van der Waals surface area contributed by atoms with E-state index >= 15 is 0 Å². The van der Waals surface area contributed by atoms with Crippen molar-refractivity contribution < 1.29 is 4.74 Å². The van der Waals surface area contributed by atoms with Gasteiger partial charge in [-0.05, 0) is 41.7 Å². The lowest BCUT2D eigenvalue weighted by molar-refractivity contribution is 0.307. The zero-order valence-corrected chi connectivity index (χ0v) is 17.5. The predicted octanol–water partition coefficient (Wildman–Crippen LogP) is 6.33. The van der Waals surface area contributed by atoms with E-state index in [1.54, 1.807) is 6.33 Å². The van der Waals surface area contributed by atoms with E-state index in [2.05, 4.69) is 59.5 Å². The molecule has 0 aliphatic heterocycles. The van der Waals surface area contributed by atoms with Gasteiger partial charge in [0.25, 0.3) is 0 Å². The van der Waals surface area contributed by atoms with E-state index in [9.17, 15) is 0 Å². The molecule has 0 unspecified atom stereocenters. The summed E-state index contributed by atoms with van der Waals surface area (Å²) in [4.78, 5) is 8.92. The largest absolute Gasteiger partial charge is 0.488 e. The van der Waals surface area contributed by atoms with Gasteiger partial charge in [0.15, 0.2) is 0 Å². The number of nitrogens with zero attached hydrogens (tertiary/aromatic N) is 2. The molecule has 152 valence electrons. The molecular formula is C26H27N3O. The second-order valence-electron chi connectivity index (χ2n) is 7.83. The summed E-state index contributed by atoms with van der Waals surface area (Å²) < 4.78 is 6.16. The first-order valence-electron chi connectivity index (χ1n) is 10.5. The summed E-state index contributed by atoms with van der Waals surface area (Å²) in [5, 5.41) is 4.50. The van der Waals surface area contributed by atoms with Gasteiger partial charge in [0.1, 0.15) is 24.5 Å². The van der Waals surface area contributed by atoms with Gasteiger partial charge in [-0.3, -0.25) is 0 Å². The Morgan fingerprint density at radius 3 is 2.53 bits per heavy atom. The van der Waals surface area contributed by atoms with E-state index in [1.807, 2.05) is 42.5 Å². The van der Waals surface area contributed by atoms with E-state index in [4.69, 9.17) is 4.74 Å². The molecule has 0 saturated heterocycles. The Bertz CT molecular complexity index is 1110. The van der Waals surface area contributed by atoms with Crippen LogP contribution in [0.1, 0.15) is 25.8 Å². The minimum absolute atomic E-state index is 0.538. The zero-order valence-electron chi connectivity index (χ0n) is 17.5. The number of para-hydroxylation sites is 1. The van der Waals surface area contributed by atoms with Crippen molar-refractivity contribution in [3.05, 3.63) is 84.7 Å². The maximum absolute atomic E-state index is 6.16. The molecule has 0 atom stereocenters. The number of hydrogen-bond donors (Lipinski definition) is 1. The van der Waals surface area contributed by atoms with Crippen LogP contribution in [0.2, 0.25) is 0 Å². The summed E-state index contributed by atoms with van der Waals surface area (Å²) in [6.07, 6.45) is 2.72. The van der Waals surface area contributed by atoms with Gasteiger partial charge in [-0.2, -0.15) is 0 Å². The van der Waals surface area contributed by atoms with E-state index < -0.39 is 0 Å². The summed E-state index contributed by atoms with van der Waals surface area (Å²) in [7, 11) is 0. The summed E-state index contributed by atoms with van der Waals surface area (Å²) in [5.41, 5.74) is 4.24. The van der Waals surface area contributed by atoms with E-state index in [1.165, 1.54) is 0 Å². The molecule has 4 aromatic rings. The first-order valence-corrected chi connectivity index (χ1v) is 10.5. The lowest BCUT2D eigenvalue weighted by Gasteiger charge is -2.14. The Labute approximate surface area is 178 Å². The highest BCUT2D eigenvalue weighted by atomic mass is 16.5. The van der Waals surface area contributed by atoms with Crippen molar-refractivity contribution in [2.24, 2.45) is 5.92 Å². The van der Waals surface area contributed by atoms with Gasteiger partial charge in [0.2, 0.25) is 0 Å². The molecule has 1 aromatic heterocycles. The van der Waals surface area contributed by atoms with Crippen LogP contribution in [0.4, 0.5) is 5.82 Å². The first kappa shape index (κ1) is 19.9. The Morgan fingerprint density at radius 1 is 0.900 bits per heavy atom. The maximum atomic E-state index is 6.16. The molecule has 0 radical (unpaired) electrons. The monoisotopic (exact) mass is 397 g/mol. The van der Waals surface area contributed by atoms with Crippen molar-refractivity contribution in [3.63, 3.8) is 0 Å². The molecule has 1 N–H and O–H groups in total. The second-order valence-corrected chi connectivity index (χ2v) is 7.83. The van der Waals surface area contributed by atoms with Crippen LogP contribution in [0.15, 0.2) is 79.1 Å². The molecule has 0 fully saturated rings. The van der Waals surface area contributed by atoms with Gasteiger partial charge < -0.3 is 10.1 Å². The minimum atomic E-state index is 0.538. The van der Waals surface area contributed by atoms with Crippen molar-refractivity contribution in [2.45, 2.75) is 26.9 Å². The molecule has 0 aliphatic rings. The molecule has 1 heterocycles. The second kappa shape index (κ2) is 9.40. The molecular weight excluding hydrogens is 370 g/mol. The number of hydrogen-bond acceptors (Lipinski definition) is 4. The van der Waals surface area contributed by atoms with Crippen LogP contribution in [0.25, 0.3) is 22.0 Å². The Morgan fingerprint density at radius 2 is 1.70 bits per heavy atom. The third kappa shape index (κ3) is 4.77. The molecule has 4 nitrogen and oxygen atoms in total. The molecule has 3 aromatic carbocycles. The smallest absolute Gasteiger partial charge is 0.137 e. The van der Waals surface area contributed by atoms with Gasteiger partial charge in [-0.1, -0.05) is 68.4 Å². The fraction of sp³-hybridized carbons (Fsp3) is 0.231. The van der Waals surface area contributed by atoms with Crippen LogP contribution >= 0.6 is 0 Å². The quantitative estimate of drug-likeness (QED) is 0.377. The summed E-state index contributed by atoms with van der Waals surface area (Å²) in [6.45, 7) is 5.88. The number of anilines is 1. The Hall–Kier alpha value is -3.40. The molecule has 0 bridgehead atoms. The molecule has 0 saturated carbocycles. The Kier molecular flexibility index (Phi) is 6.23. The van der Waals surface area contributed by atoms with Crippen molar-refractivity contribution in [2.75, 3.05) is 11.9 Å². The van der Waals surface area contributed by atoms with Gasteiger partial charge in [0, 0.05) is 17.5 Å². The third-order valence-electron chi connectivity index (χ3n) is 5.08. The SMILES string of the molecule is CC(C)CCNc1ncnc2ccc(-c3ccccc3OCc3ccccc3)cc12. The van der Waals surface area contributed by atoms with Gasteiger partial charge in [-0.15, -0.1) is 0 Å². The summed E-state index contributed by atoms with van der Waals surface area (Å²) >= 11 is 0. The number of fused-ring (bicyclic) bond motifs is 1. The molecule has 0 aliphatic carbocycles. The van der Waals surface area contributed by atoms with Crippen LogP contribution in [0, 0.1) is 5.92 Å². The van der Waals surface area contributed by atoms with Crippen LogP contribution < -0.4 is 10.1 Å². The van der Waals surface area contributed by atoms with Crippen molar-refractivity contribution >= 4 is 16.7 Å². The average molecular weight is 398 g/mol. The van der Waals surface area contributed by atoms with Crippen LogP contribution in [0.3, 0.4) is 0 Å². The van der Waals surface area contributed by atoms with E-state index in [0.717, 1.165) is 52.1 Å². The minimum Gasteiger partial charge on any atom is -0.488 e. The highest BCUT2D eigenvalue weighted by Gasteiger charge is 2.10. The Balaban J connectivity index is 1.63. The van der Waals surface area contributed by atoms with E-state index in [0.29, 0.717) is 12.5 Å². The number of ether oxygens (including phenoxy) is 1. The highest BCUT2D eigenvalue weighted by Crippen LogP contribution is 2.33. The predicted molar refractivity (Wildman–Crippen MR) is 124 cm³/mol. The lowest BCUT2D eigenvalue weighted by atomic mass is 10.0. The van der Waals surface area contributed by atoms with Crippen molar-refractivity contribution in [3.8, 4) is 16.9 Å². The number of aromatic nitrogens is 2. The van der Waals surface area contributed by atoms with Crippen molar-refractivity contribution in [1.29, 1.82) is 0 Å². The third-order valence-corrected chi connectivity index (χ3v) is 5.08. The maximum Gasteiger partial charge on any atom is 0.137 e. The summed E-state index contributed by atoms with van der Waals surface area (Å²) in [5.74, 6) is 2.40. The standard InChI is InChI=1S/C26H27N3O/c1-19(2)14-15-27-26-23-16-21(12-13-24(23)28-18-29-26)22-10-6-7-11-25(22)30-17-20-8-4-3-5-9-20/h3-13,16,18-19H,14-15,17H2,1-2H3,(H,27,28,29). The number of benzene rings is 3. The number of nitrogens with one attached hydrogen (secondary N) is 1. The topological polar surface area (TPSA) is 47.0 Å². The van der Waals surface area contributed by atoms with Gasteiger partial charge in [-0.25, -0.2) is 9.97 Å². The van der Waals surface area contributed by atoms with Crippen molar-refractivity contribution in [1.82, 2.24) is 9.97 Å². The number of rotatable bonds is 8. The van der Waals surface area contributed by atoms with Crippen LogP contribution in [0.5, 0.6) is 5.75 Å². The van der Waals surface area contributed by atoms with Gasteiger partial charge in [0.05, 0.1) is 5.52 Å². The fourth-order valence-corrected chi connectivity index (χ4v) is 3.41. The van der Waals surface area contributed by atoms with E-state index in [-0.39, 0.29) is 0 Å². The zero-order chi connectivity index (χ0) is 20.8.